The molecule has 0 unspecified atom stereocenters. The highest BCUT2D eigenvalue weighted by molar-refractivity contribution is 5.23. The molecule has 20 heavy (non-hydrogen) atoms. The lowest BCUT2D eigenvalue weighted by molar-refractivity contribution is -0.211. The van der Waals surface area contributed by atoms with E-state index in [0.717, 1.165) is 12.3 Å². The predicted octanol–water partition coefficient (Wildman–Crippen LogP) is -0.745. The van der Waals surface area contributed by atoms with Crippen LogP contribution in [0, 0.1) is 5.92 Å². The number of nitrogen functional groups attached to an aromatic ring is 1. The molecule has 0 radical (unpaired) electrons. The van der Waals surface area contributed by atoms with Crippen molar-refractivity contribution in [3.63, 3.8) is 0 Å². The Hall–Kier alpha value is -1.65. The molecule has 2 heterocycles. The summed E-state index contributed by atoms with van der Waals surface area (Å²) in [5, 5.41) is 18.5. The van der Waals surface area contributed by atoms with Crippen molar-refractivity contribution in [2.24, 2.45) is 5.92 Å². The average Bonchev–Trinajstić information content (AvgIpc) is 2.65. The van der Waals surface area contributed by atoms with E-state index in [4.69, 9.17) is 15.6 Å². The summed E-state index contributed by atoms with van der Waals surface area (Å²) >= 11 is 0. The van der Waals surface area contributed by atoms with Crippen LogP contribution in [0.15, 0.2) is 17.1 Å². The van der Waals surface area contributed by atoms with E-state index in [1.165, 1.54) is 0 Å². The number of nitrogens with two attached hydrogens (primary N) is 1. The number of aliphatic hydroxyl groups excluding tert-OH is 2. The first-order valence-corrected chi connectivity index (χ1v) is 5.61. The molecule has 1 aliphatic heterocycles. The van der Waals surface area contributed by atoms with Gasteiger partial charge in [0.05, 0.1) is 12.7 Å². The fourth-order valence-corrected chi connectivity index (χ4v) is 2.11. The van der Waals surface area contributed by atoms with Gasteiger partial charge in [-0.1, -0.05) is 0 Å². The molecule has 10 heteroatoms. The van der Waals surface area contributed by atoms with Gasteiger partial charge < -0.3 is 20.7 Å². The number of aromatic nitrogens is 2. The molecule has 0 amide bonds. The summed E-state index contributed by atoms with van der Waals surface area (Å²) in [7, 11) is 0. The van der Waals surface area contributed by atoms with Gasteiger partial charge in [-0.15, -0.1) is 0 Å². The average molecular weight is 295 g/mol. The molecule has 1 fully saturated rings. The number of hydrogen-bond donors (Lipinski definition) is 3. The number of rotatable bonds is 2. The second-order valence-corrected chi connectivity index (χ2v) is 4.35. The van der Waals surface area contributed by atoms with Gasteiger partial charge in [-0.3, -0.25) is 4.57 Å². The summed E-state index contributed by atoms with van der Waals surface area (Å²) < 4.78 is 44.5. The van der Waals surface area contributed by atoms with Crippen LogP contribution in [-0.2, 0) is 4.74 Å². The third-order valence-electron chi connectivity index (χ3n) is 3.05. The second kappa shape index (κ2) is 5.04. The Balaban J connectivity index is 2.45. The van der Waals surface area contributed by atoms with Crippen LogP contribution < -0.4 is 11.4 Å². The summed E-state index contributed by atoms with van der Waals surface area (Å²) in [6, 6.07) is 1.14. The van der Waals surface area contributed by atoms with Crippen LogP contribution in [0.4, 0.5) is 19.0 Å². The van der Waals surface area contributed by atoms with Gasteiger partial charge in [0.1, 0.15) is 17.8 Å². The number of aliphatic hydroxyl groups is 2. The monoisotopic (exact) mass is 295 g/mol. The minimum Gasteiger partial charge on any atom is -0.394 e. The molecule has 1 saturated heterocycles. The Labute approximate surface area is 110 Å². The molecule has 2 rings (SSSR count). The Kier molecular flexibility index (Phi) is 3.71. The van der Waals surface area contributed by atoms with Gasteiger partial charge >= 0.3 is 11.9 Å². The quantitative estimate of drug-likeness (QED) is 0.662. The number of ether oxygens (including phenoxy) is 1. The number of anilines is 1. The van der Waals surface area contributed by atoms with E-state index in [1.807, 2.05) is 0 Å². The van der Waals surface area contributed by atoms with Crippen molar-refractivity contribution in [3.8, 4) is 0 Å². The maximum Gasteiger partial charge on any atom is 0.398 e. The third kappa shape index (κ3) is 2.49. The largest absolute Gasteiger partial charge is 0.398 e. The maximum atomic E-state index is 13.0. The van der Waals surface area contributed by atoms with E-state index >= 15 is 0 Å². The van der Waals surface area contributed by atoms with Crippen molar-refractivity contribution in [3.05, 3.63) is 22.7 Å². The molecular weight excluding hydrogens is 283 g/mol. The molecule has 4 atom stereocenters. The van der Waals surface area contributed by atoms with Crippen LogP contribution in [-0.4, -0.2) is 44.8 Å². The zero-order valence-corrected chi connectivity index (χ0v) is 9.99. The molecule has 0 aromatic carbocycles. The van der Waals surface area contributed by atoms with E-state index in [1.54, 1.807) is 0 Å². The van der Waals surface area contributed by atoms with Crippen molar-refractivity contribution < 1.29 is 28.1 Å². The molecule has 0 aliphatic carbocycles. The Morgan fingerprint density at radius 2 is 2.15 bits per heavy atom. The minimum absolute atomic E-state index is 0.146. The fraction of sp³-hybridized carbons (Fsp3) is 0.600. The van der Waals surface area contributed by atoms with Crippen molar-refractivity contribution in [2.75, 3.05) is 12.3 Å². The SMILES string of the molecule is Nc1ccn([C@@H]2O[C@H](CO)[C@@H](O)[C@H]2C(F)(F)F)c(=O)n1. The summed E-state index contributed by atoms with van der Waals surface area (Å²) in [5.41, 5.74) is 4.22. The van der Waals surface area contributed by atoms with Gasteiger partial charge in [-0.25, -0.2) is 4.79 Å². The lowest BCUT2D eigenvalue weighted by atomic mass is 9.99. The summed E-state index contributed by atoms with van der Waals surface area (Å²) in [6.45, 7) is -0.804. The molecule has 0 saturated carbocycles. The van der Waals surface area contributed by atoms with Crippen LogP contribution in [0.3, 0.4) is 0 Å². The smallest absolute Gasteiger partial charge is 0.394 e. The third-order valence-corrected chi connectivity index (χ3v) is 3.05. The first kappa shape index (κ1) is 14.8. The fourth-order valence-electron chi connectivity index (χ4n) is 2.11. The molecular formula is C10H12F3N3O4. The topological polar surface area (TPSA) is 111 Å². The second-order valence-electron chi connectivity index (χ2n) is 4.35. The minimum atomic E-state index is -4.81. The zero-order valence-electron chi connectivity index (χ0n) is 9.99. The molecule has 1 aromatic heterocycles. The predicted molar refractivity (Wildman–Crippen MR) is 59.5 cm³/mol. The van der Waals surface area contributed by atoms with Crippen LogP contribution in [0.2, 0.25) is 0 Å². The lowest BCUT2D eigenvalue weighted by Gasteiger charge is -2.23. The van der Waals surface area contributed by atoms with Gasteiger partial charge in [0.15, 0.2) is 6.23 Å². The van der Waals surface area contributed by atoms with Crippen LogP contribution >= 0.6 is 0 Å². The highest BCUT2D eigenvalue weighted by Crippen LogP contribution is 2.44. The van der Waals surface area contributed by atoms with Crippen molar-refractivity contribution in [1.82, 2.24) is 9.55 Å². The molecule has 4 N–H and O–H groups in total. The maximum absolute atomic E-state index is 13.0. The summed E-state index contributed by atoms with van der Waals surface area (Å²) in [6.07, 6.45) is -9.02. The van der Waals surface area contributed by atoms with Crippen molar-refractivity contribution in [2.45, 2.75) is 24.6 Å². The normalized spacial score (nSPS) is 30.6. The number of alkyl halides is 3. The van der Waals surface area contributed by atoms with Gasteiger partial charge in [0.2, 0.25) is 0 Å². The van der Waals surface area contributed by atoms with E-state index in [2.05, 4.69) is 4.98 Å². The van der Waals surface area contributed by atoms with E-state index in [0.29, 0.717) is 4.57 Å². The van der Waals surface area contributed by atoms with Gasteiger partial charge in [0, 0.05) is 6.20 Å². The molecule has 0 bridgehead atoms. The van der Waals surface area contributed by atoms with Crippen molar-refractivity contribution >= 4 is 5.82 Å². The number of nitrogens with zero attached hydrogens (tertiary/aromatic N) is 2. The summed E-state index contributed by atoms with van der Waals surface area (Å²) in [4.78, 5) is 14.9. The Morgan fingerprint density at radius 3 is 2.65 bits per heavy atom. The molecule has 1 aromatic rings. The first-order chi connectivity index (χ1) is 9.25. The zero-order chi connectivity index (χ0) is 15.1. The molecule has 0 spiro atoms. The first-order valence-electron chi connectivity index (χ1n) is 5.61. The molecule has 1 aliphatic rings. The van der Waals surface area contributed by atoms with E-state index < -0.39 is 42.8 Å². The van der Waals surface area contributed by atoms with Crippen LogP contribution in [0.1, 0.15) is 6.23 Å². The van der Waals surface area contributed by atoms with Gasteiger partial charge in [-0.2, -0.15) is 18.2 Å². The highest BCUT2D eigenvalue weighted by atomic mass is 19.4. The standard InChI is InChI=1S/C10H12F3N3O4/c11-10(12,13)6-7(18)4(3-17)20-8(6)16-2-1-5(14)15-9(16)19/h1-2,4,6-8,17-18H,3H2,(H2,14,15,19)/t4-,6-,7-,8-/m1/s1. The van der Waals surface area contributed by atoms with Crippen molar-refractivity contribution in [1.29, 1.82) is 0 Å². The van der Waals surface area contributed by atoms with Crippen LogP contribution in [0.5, 0.6) is 0 Å². The van der Waals surface area contributed by atoms with Gasteiger partial charge in [-0.05, 0) is 6.07 Å². The molecule has 112 valence electrons. The number of hydrogen-bond acceptors (Lipinski definition) is 6. The van der Waals surface area contributed by atoms with Crippen LogP contribution in [0.25, 0.3) is 0 Å². The van der Waals surface area contributed by atoms with E-state index in [-0.39, 0.29) is 5.82 Å². The Morgan fingerprint density at radius 1 is 1.50 bits per heavy atom. The van der Waals surface area contributed by atoms with Gasteiger partial charge in [0.25, 0.3) is 0 Å². The lowest BCUT2D eigenvalue weighted by Crippen LogP contribution is -2.40. The highest BCUT2D eigenvalue weighted by Gasteiger charge is 2.58. The Bertz CT molecular complexity index is 547. The molecule has 7 nitrogen and oxygen atoms in total. The van der Waals surface area contributed by atoms with E-state index in [9.17, 15) is 23.1 Å². The number of halogens is 3. The summed E-state index contributed by atoms with van der Waals surface area (Å²) in [5.74, 6) is -2.49.